The Hall–Kier alpha value is -3.58. The monoisotopic (exact) mass is 1110 g/mol. The van der Waals surface area contributed by atoms with Crippen LogP contribution in [0.1, 0.15) is 290 Å². The Morgan fingerprint density at radius 2 is 0.759 bits per heavy atom. The summed E-state index contributed by atoms with van der Waals surface area (Å²) in [6.07, 6.45) is 56.0. The molecule has 6 atom stereocenters. The molecule has 0 aliphatic carbocycles. The molecule has 6 unspecified atom stereocenters. The second-order valence-corrected chi connectivity index (χ2v) is 22.0. The summed E-state index contributed by atoms with van der Waals surface area (Å²) in [7, 11) is 0. The third-order valence-electron chi connectivity index (χ3n) is 14.5. The largest absolute Gasteiger partial charge is 0.479 e. The van der Waals surface area contributed by atoms with E-state index in [1.807, 2.05) is 0 Å². The third-order valence-corrected chi connectivity index (χ3v) is 14.5. The molecule has 1 aliphatic heterocycles. The number of carbonyl (C=O) groups is 4. The maximum absolute atomic E-state index is 13.2. The van der Waals surface area contributed by atoms with Gasteiger partial charge in [0.15, 0.2) is 24.6 Å². The minimum atomic E-state index is -1.91. The summed E-state index contributed by atoms with van der Waals surface area (Å²) >= 11 is 0. The van der Waals surface area contributed by atoms with Crippen LogP contribution >= 0.6 is 0 Å². The number of carbonyl (C=O) groups excluding carboxylic acids is 3. The molecule has 0 aromatic carbocycles. The van der Waals surface area contributed by atoms with Crippen LogP contribution in [0.15, 0.2) is 60.8 Å². The summed E-state index contributed by atoms with van der Waals surface area (Å²) < 4.78 is 28.5. The van der Waals surface area contributed by atoms with Crippen molar-refractivity contribution >= 4 is 23.9 Å². The third kappa shape index (κ3) is 44.7. The lowest BCUT2D eigenvalue weighted by atomic mass is 9.98. The molecule has 12 nitrogen and oxygen atoms in total. The van der Waals surface area contributed by atoms with Gasteiger partial charge < -0.3 is 39.0 Å². The van der Waals surface area contributed by atoms with E-state index in [0.717, 1.165) is 122 Å². The molecule has 0 aromatic heterocycles. The van der Waals surface area contributed by atoms with Crippen molar-refractivity contribution in [3.05, 3.63) is 60.8 Å². The first-order valence-electron chi connectivity index (χ1n) is 32.3. The standard InChI is InChI=1S/C67H116O12/c1-4-7-10-13-16-19-22-25-27-29-30-32-33-36-38-41-44-47-50-53-59(68)75-56-58(77-60(69)54-51-48-45-42-39-35-24-21-18-15-12-9-6-3)57-76-67-65(63(72)62(71)64(79-67)66(73)74)78-61(70)55-52-49-46-43-40-37-34-31-28-26-23-20-17-14-11-8-5-2/h16,19,21,24-28,30,32,58,62-65,67,71-72H,4-15,17-18,20,22-23,29,31,33-57H2,1-3H3,(H,73,74)/b19-16-,24-21-,27-25-,28-26-,32-30-. The van der Waals surface area contributed by atoms with Crippen LogP contribution in [0.2, 0.25) is 0 Å². The van der Waals surface area contributed by atoms with E-state index in [4.69, 9.17) is 23.7 Å². The van der Waals surface area contributed by atoms with Gasteiger partial charge in [-0.15, -0.1) is 0 Å². The molecule has 0 spiro atoms. The summed E-state index contributed by atoms with van der Waals surface area (Å²) in [6.45, 7) is 5.95. The van der Waals surface area contributed by atoms with Crippen molar-refractivity contribution in [2.24, 2.45) is 0 Å². The molecule has 0 bridgehead atoms. The van der Waals surface area contributed by atoms with Crippen LogP contribution in [0.4, 0.5) is 0 Å². The molecule has 12 heteroatoms. The second kappa shape index (κ2) is 55.0. The number of rotatable bonds is 55. The van der Waals surface area contributed by atoms with Crippen LogP contribution in [0, 0.1) is 0 Å². The van der Waals surface area contributed by atoms with E-state index in [-0.39, 0.29) is 25.9 Å². The highest BCUT2D eigenvalue weighted by Gasteiger charge is 2.50. The second-order valence-electron chi connectivity index (χ2n) is 22.0. The Balaban J connectivity index is 2.66. The van der Waals surface area contributed by atoms with Gasteiger partial charge in [-0.25, -0.2) is 4.79 Å². The summed E-state index contributed by atoms with van der Waals surface area (Å²) in [6, 6.07) is 0. The molecule has 1 saturated heterocycles. The lowest BCUT2D eigenvalue weighted by Crippen LogP contribution is -2.61. The zero-order valence-corrected chi connectivity index (χ0v) is 50.4. The highest BCUT2D eigenvalue weighted by atomic mass is 16.7. The van der Waals surface area contributed by atoms with E-state index < -0.39 is 67.3 Å². The fourth-order valence-electron chi connectivity index (χ4n) is 9.54. The molecule has 0 saturated carbocycles. The number of esters is 3. The van der Waals surface area contributed by atoms with Crippen molar-refractivity contribution < 1.29 is 58.2 Å². The van der Waals surface area contributed by atoms with Gasteiger partial charge in [0.2, 0.25) is 0 Å². The zero-order chi connectivity index (χ0) is 57.5. The summed E-state index contributed by atoms with van der Waals surface area (Å²) in [5.74, 6) is -3.14. The predicted molar refractivity (Wildman–Crippen MR) is 322 cm³/mol. The summed E-state index contributed by atoms with van der Waals surface area (Å²) in [5, 5.41) is 31.6. The minimum Gasteiger partial charge on any atom is -0.479 e. The Labute approximate surface area is 481 Å². The first-order valence-corrected chi connectivity index (χ1v) is 32.3. The molecule has 456 valence electrons. The van der Waals surface area contributed by atoms with E-state index >= 15 is 0 Å². The number of aliphatic hydroxyl groups excluding tert-OH is 2. The van der Waals surface area contributed by atoms with Gasteiger partial charge in [-0.3, -0.25) is 14.4 Å². The number of carboxylic acids is 1. The lowest BCUT2D eigenvalue weighted by molar-refractivity contribution is -0.301. The van der Waals surface area contributed by atoms with E-state index in [2.05, 4.69) is 81.5 Å². The fourth-order valence-corrected chi connectivity index (χ4v) is 9.54. The number of hydrogen-bond acceptors (Lipinski definition) is 11. The number of allylic oxidation sites excluding steroid dienone is 10. The average Bonchev–Trinajstić information content (AvgIpc) is 3.47. The Kier molecular flexibility index (Phi) is 51.1. The van der Waals surface area contributed by atoms with Crippen molar-refractivity contribution in [3.63, 3.8) is 0 Å². The van der Waals surface area contributed by atoms with Gasteiger partial charge in [-0.05, 0) is 109 Å². The van der Waals surface area contributed by atoms with E-state index in [0.29, 0.717) is 19.3 Å². The molecule has 1 fully saturated rings. The molecule has 1 rings (SSSR count). The molecule has 0 amide bonds. The van der Waals surface area contributed by atoms with E-state index in [1.165, 1.54) is 109 Å². The highest BCUT2D eigenvalue weighted by molar-refractivity contribution is 5.74. The van der Waals surface area contributed by atoms with Gasteiger partial charge in [0.1, 0.15) is 18.8 Å². The van der Waals surface area contributed by atoms with Crippen molar-refractivity contribution in [2.75, 3.05) is 13.2 Å². The van der Waals surface area contributed by atoms with Crippen LogP contribution in [-0.4, -0.2) is 89.2 Å². The zero-order valence-electron chi connectivity index (χ0n) is 50.4. The van der Waals surface area contributed by atoms with Crippen molar-refractivity contribution in [2.45, 2.75) is 327 Å². The van der Waals surface area contributed by atoms with Crippen molar-refractivity contribution in [1.82, 2.24) is 0 Å². The first kappa shape index (κ1) is 73.4. The molecule has 0 radical (unpaired) electrons. The van der Waals surface area contributed by atoms with Crippen LogP contribution < -0.4 is 0 Å². The Bertz CT molecular complexity index is 1600. The maximum atomic E-state index is 13.2. The number of unbranched alkanes of at least 4 members (excludes halogenated alkanes) is 31. The average molecular weight is 1110 g/mol. The van der Waals surface area contributed by atoms with Crippen LogP contribution in [0.3, 0.4) is 0 Å². The topological polar surface area (TPSA) is 175 Å². The fraction of sp³-hybridized carbons (Fsp3) is 0.791. The van der Waals surface area contributed by atoms with Gasteiger partial charge in [-0.2, -0.15) is 0 Å². The molecule has 79 heavy (non-hydrogen) atoms. The number of carboxylic acid groups (broad SMARTS) is 1. The van der Waals surface area contributed by atoms with Gasteiger partial charge in [0, 0.05) is 19.3 Å². The smallest absolute Gasteiger partial charge is 0.335 e. The van der Waals surface area contributed by atoms with Crippen LogP contribution in [0.5, 0.6) is 0 Å². The molecule has 3 N–H and O–H groups in total. The number of aliphatic hydroxyl groups is 2. The SMILES string of the molecule is CCCCC/C=C\C/C=C\C/C=C\CCCCCCCCC(=O)OCC(COC1OC(C(=O)O)C(O)C(O)C1OC(=O)CCCCCCCCC/C=C\CCCCCCCC)OC(=O)CCCCCCC/C=C\CCCCCC. The van der Waals surface area contributed by atoms with Crippen LogP contribution in [0.25, 0.3) is 0 Å². The predicted octanol–water partition coefficient (Wildman–Crippen LogP) is 17.1. The lowest BCUT2D eigenvalue weighted by Gasteiger charge is -2.40. The van der Waals surface area contributed by atoms with Crippen molar-refractivity contribution in [3.8, 4) is 0 Å². The minimum absolute atomic E-state index is 0.0536. The van der Waals surface area contributed by atoms with Crippen molar-refractivity contribution in [1.29, 1.82) is 0 Å². The van der Waals surface area contributed by atoms with Gasteiger partial charge in [0.25, 0.3) is 0 Å². The molecular weight excluding hydrogens is 997 g/mol. The van der Waals surface area contributed by atoms with Gasteiger partial charge in [-0.1, -0.05) is 223 Å². The first-order chi connectivity index (χ1) is 38.6. The Morgan fingerprint density at radius 1 is 0.418 bits per heavy atom. The summed E-state index contributed by atoms with van der Waals surface area (Å²) in [5.41, 5.74) is 0. The Morgan fingerprint density at radius 3 is 1.20 bits per heavy atom. The highest BCUT2D eigenvalue weighted by Crippen LogP contribution is 2.27. The van der Waals surface area contributed by atoms with Gasteiger partial charge in [0.05, 0.1) is 6.61 Å². The maximum Gasteiger partial charge on any atom is 0.335 e. The molecule has 0 aromatic rings. The quantitative estimate of drug-likeness (QED) is 0.0228. The summed E-state index contributed by atoms with van der Waals surface area (Å²) in [4.78, 5) is 51.3. The normalized spacial score (nSPS) is 18.2. The van der Waals surface area contributed by atoms with Gasteiger partial charge >= 0.3 is 23.9 Å². The van der Waals surface area contributed by atoms with Crippen LogP contribution in [-0.2, 0) is 42.9 Å². The number of aliphatic carboxylic acids is 1. The molecule has 1 aliphatic rings. The molecular formula is C67H116O12. The number of hydrogen-bond donors (Lipinski definition) is 3. The number of ether oxygens (including phenoxy) is 5. The van der Waals surface area contributed by atoms with E-state index in [1.54, 1.807) is 0 Å². The molecule has 1 heterocycles. The van der Waals surface area contributed by atoms with E-state index in [9.17, 15) is 34.5 Å².